The minimum atomic E-state index is -0.765. The van der Waals surface area contributed by atoms with Gasteiger partial charge in [-0.05, 0) is 24.7 Å². The van der Waals surface area contributed by atoms with Crippen LogP contribution in [0.1, 0.15) is 35.9 Å². The van der Waals surface area contributed by atoms with E-state index >= 15 is 0 Å². The second-order valence-electron chi connectivity index (χ2n) is 5.09. The number of carbonyl (C=O) groups is 2. The van der Waals surface area contributed by atoms with Gasteiger partial charge in [-0.25, -0.2) is 0 Å². The molecule has 6 heteroatoms. The SMILES string of the molecule is CC(CC(=O)O)C1CCCN(C(=O)c2cncs2)C1. The number of rotatable bonds is 4. The highest BCUT2D eigenvalue weighted by molar-refractivity contribution is 7.11. The lowest BCUT2D eigenvalue weighted by molar-refractivity contribution is -0.138. The van der Waals surface area contributed by atoms with Gasteiger partial charge in [-0.3, -0.25) is 14.6 Å². The average Bonchev–Trinajstić information content (AvgIpc) is 2.91. The van der Waals surface area contributed by atoms with Crippen LogP contribution in [-0.2, 0) is 4.79 Å². The molecule has 1 aliphatic rings. The van der Waals surface area contributed by atoms with Crippen molar-refractivity contribution in [2.24, 2.45) is 11.8 Å². The summed E-state index contributed by atoms with van der Waals surface area (Å²) in [4.78, 5) is 29.4. The molecule has 104 valence electrons. The van der Waals surface area contributed by atoms with E-state index in [0.717, 1.165) is 19.4 Å². The second-order valence-corrected chi connectivity index (χ2v) is 5.98. The lowest BCUT2D eigenvalue weighted by Gasteiger charge is -2.35. The van der Waals surface area contributed by atoms with Crippen LogP contribution in [0.15, 0.2) is 11.7 Å². The lowest BCUT2D eigenvalue weighted by Crippen LogP contribution is -2.41. The van der Waals surface area contributed by atoms with E-state index < -0.39 is 5.97 Å². The zero-order valence-electron chi connectivity index (χ0n) is 10.9. The number of piperidine rings is 1. The first kappa shape index (κ1) is 14.0. The maximum atomic E-state index is 12.2. The van der Waals surface area contributed by atoms with Gasteiger partial charge in [0, 0.05) is 19.5 Å². The third-order valence-electron chi connectivity index (χ3n) is 3.69. The Kier molecular flexibility index (Phi) is 4.52. The number of aliphatic carboxylic acids is 1. The largest absolute Gasteiger partial charge is 0.481 e. The predicted octanol–water partition coefficient (Wildman–Crippen LogP) is 2.11. The summed E-state index contributed by atoms with van der Waals surface area (Å²) in [6.07, 6.45) is 3.71. The summed E-state index contributed by atoms with van der Waals surface area (Å²) in [7, 11) is 0. The Balaban J connectivity index is 1.97. The molecule has 1 aromatic rings. The Morgan fingerprint density at radius 2 is 2.42 bits per heavy atom. The van der Waals surface area contributed by atoms with Crippen LogP contribution in [0.4, 0.5) is 0 Å². The van der Waals surface area contributed by atoms with Gasteiger partial charge in [0.05, 0.1) is 11.7 Å². The molecule has 0 aliphatic carbocycles. The third-order valence-corrected chi connectivity index (χ3v) is 4.45. The van der Waals surface area contributed by atoms with Crippen molar-refractivity contribution in [3.8, 4) is 0 Å². The summed E-state index contributed by atoms with van der Waals surface area (Å²) >= 11 is 1.35. The van der Waals surface area contributed by atoms with Crippen molar-refractivity contribution >= 4 is 23.2 Å². The summed E-state index contributed by atoms with van der Waals surface area (Å²) in [5.74, 6) is -0.357. The van der Waals surface area contributed by atoms with Crippen molar-refractivity contribution in [2.45, 2.75) is 26.2 Å². The molecular weight excluding hydrogens is 264 g/mol. The van der Waals surface area contributed by atoms with Gasteiger partial charge in [0.2, 0.25) is 0 Å². The second kappa shape index (κ2) is 6.14. The smallest absolute Gasteiger partial charge is 0.303 e. The molecule has 2 rings (SSSR count). The highest BCUT2D eigenvalue weighted by Gasteiger charge is 2.29. The van der Waals surface area contributed by atoms with Crippen LogP contribution in [0.2, 0.25) is 0 Å². The van der Waals surface area contributed by atoms with E-state index in [9.17, 15) is 9.59 Å². The number of likely N-dealkylation sites (tertiary alicyclic amines) is 1. The third kappa shape index (κ3) is 3.53. The Hall–Kier alpha value is -1.43. The van der Waals surface area contributed by atoms with E-state index in [1.807, 2.05) is 11.8 Å². The van der Waals surface area contributed by atoms with Crippen LogP contribution in [0.3, 0.4) is 0 Å². The highest BCUT2D eigenvalue weighted by atomic mass is 32.1. The summed E-state index contributed by atoms with van der Waals surface area (Å²) in [5.41, 5.74) is 1.65. The van der Waals surface area contributed by atoms with Gasteiger partial charge >= 0.3 is 5.97 Å². The van der Waals surface area contributed by atoms with Crippen molar-refractivity contribution in [3.05, 3.63) is 16.6 Å². The standard InChI is InChI=1S/C13H18N2O3S/c1-9(5-12(16)17)10-3-2-4-15(7-10)13(18)11-6-14-8-19-11/h6,8-10H,2-5,7H2,1H3,(H,16,17). The summed E-state index contributed by atoms with van der Waals surface area (Å²) in [6.45, 7) is 3.37. The molecule has 2 heterocycles. The minimum Gasteiger partial charge on any atom is -0.481 e. The van der Waals surface area contributed by atoms with Gasteiger partial charge in [0.15, 0.2) is 0 Å². The molecule has 0 bridgehead atoms. The van der Waals surface area contributed by atoms with Gasteiger partial charge in [-0.15, -0.1) is 11.3 Å². The van der Waals surface area contributed by atoms with Gasteiger partial charge < -0.3 is 10.0 Å². The predicted molar refractivity (Wildman–Crippen MR) is 72.2 cm³/mol. The first-order chi connectivity index (χ1) is 9.08. The van der Waals surface area contributed by atoms with Crippen LogP contribution < -0.4 is 0 Å². The molecule has 19 heavy (non-hydrogen) atoms. The Labute approximate surface area is 116 Å². The van der Waals surface area contributed by atoms with E-state index in [0.29, 0.717) is 11.4 Å². The number of aromatic nitrogens is 1. The number of carboxylic acids is 1. The lowest BCUT2D eigenvalue weighted by atomic mass is 9.84. The first-order valence-electron chi connectivity index (χ1n) is 6.47. The van der Waals surface area contributed by atoms with E-state index in [1.54, 1.807) is 11.7 Å². The van der Waals surface area contributed by atoms with E-state index in [4.69, 9.17) is 5.11 Å². The van der Waals surface area contributed by atoms with Crippen molar-refractivity contribution in [3.63, 3.8) is 0 Å². The minimum absolute atomic E-state index is 0.0229. The monoisotopic (exact) mass is 282 g/mol. The quantitative estimate of drug-likeness (QED) is 0.918. The van der Waals surface area contributed by atoms with E-state index in [1.165, 1.54) is 11.3 Å². The molecule has 1 aliphatic heterocycles. The van der Waals surface area contributed by atoms with Crippen molar-refractivity contribution < 1.29 is 14.7 Å². The number of hydrogen-bond donors (Lipinski definition) is 1. The normalized spacial score (nSPS) is 21.1. The Morgan fingerprint density at radius 3 is 3.05 bits per heavy atom. The summed E-state index contributed by atoms with van der Waals surface area (Å²) in [6, 6.07) is 0. The highest BCUT2D eigenvalue weighted by Crippen LogP contribution is 2.27. The van der Waals surface area contributed by atoms with Crippen molar-refractivity contribution in [2.75, 3.05) is 13.1 Å². The number of thiazole rings is 1. The van der Waals surface area contributed by atoms with Crippen LogP contribution in [0.25, 0.3) is 0 Å². The fourth-order valence-electron chi connectivity index (χ4n) is 2.58. The van der Waals surface area contributed by atoms with Gasteiger partial charge in [-0.1, -0.05) is 6.92 Å². The van der Waals surface area contributed by atoms with Gasteiger partial charge in [0.25, 0.3) is 5.91 Å². The maximum Gasteiger partial charge on any atom is 0.303 e. The molecule has 0 aromatic carbocycles. The molecule has 0 radical (unpaired) electrons. The first-order valence-corrected chi connectivity index (χ1v) is 7.35. The van der Waals surface area contributed by atoms with Crippen LogP contribution in [0, 0.1) is 11.8 Å². The molecule has 5 nitrogen and oxygen atoms in total. The molecule has 0 spiro atoms. The fraction of sp³-hybridized carbons (Fsp3) is 0.615. The zero-order chi connectivity index (χ0) is 13.8. The molecule has 1 fully saturated rings. The molecule has 2 atom stereocenters. The van der Waals surface area contributed by atoms with Crippen LogP contribution in [-0.4, -0.2) is 40.0 Å². The number of carbonyl (C=O) groups excluding carboxylic acids is 1. The molecule has 0 saturated carbocycles. The van der Waals surface area contributed by atoms with Crippen LogP contribution >= 0.6 is 11.3 Å². The molecule has 1 N–H and O–H groups in total. The topological polar surface area (TPSA) is 70.5 Å². The summed E-state index contributed by atoms with van der Waals surface area (Å²) < 4.78 is 0. The molecule has 1 aromatic heterocycles. The molecule has 1 saturated heterocycles. The number of hydrogen-bond acceptors (Lipinski definition) is 4. The number of carboxylic acid groups (broad SMARTS) is 1. The Bertz CT molecular complexity index is 447. The molecule has 1 amide bonds. The summed E-state index contributed by atoms with van der Waals surface area (Å²) in [5, 5.41) is 8.85. The molecule has 2 unspecified atom stereocenters. The maximum absolute atomic E-state index is 12.2. The van der Waals surface area contributed by atoms with Gasteiger partial charge in [0.1, 0.15) is 4.88 Å². The van der Waals surface area contributed by atoms with Crippen molar-refractivity contribution in [1.29, 1.82) is 0 Å². The van der Waals surface area contributed by atoms with E-state index in [-0.39, 0.29) is 24.2 Å². The number of amides is 1. The van der Waals surface area contributed by atoms with Crippen molar-refractivity contribution in [1.82, 2.24) is 9.88 Å². The van der Waals surface area contributed by atoms with Crippen LogP contribution in [0.5, 0.6) is 0 Å². The number of nitrogens with zero attached hydrogens (tertiary/aromatic N) is 2. The molecular formula is C13H18N2O3S. The average molecular weight is 282 g/mol. The Morgan fingerprint density at radius 1 is 1.63 bits per heavy atom. The fourth-order valence-corrected chi connectivity index (χ4v) is 3.17. The zero-order valence-corrected chi connectivity index (χ0v) is 11.7. The van der Waals surface area contributed by atoms with Gasteiger partial charge in [-0.2, -0.15) is 0 Å². The van der Waals surface area contributed by atoms with E-state index in [2.05, 4.69) is 4.98 Å².